The number of anilines is 2. The van der Waals surface area contributed by atoms with Gasteiger partial charge in [-0.15, -0.1) is 0 Å². The van der Waals surface area contributed by atoms with Crippen LogP contribution in [0.3, 0.4) is 0 Å². The number of rotatable bonds is 3. The molecule has 0 atom stereocenters. The molecule has 0 aliphatic carbocycles. The average Bonchev–Trinajstić information content (AvgIpc) is 2.51. The summed E-state index contributed by atoms with van der Waals surface area (Å²) in [5.41, 5.74) is 1.80. The molecule has 0 unspecified atom stereocenters. The Morgan fingerprint density at radius 1 is 1.19 bits per heavy atom. The van der Waals surface area contributed by atoms with Gasteiger partial charge in [-0.25, -0.2) is 4.57 Å². The Morgan fingerprint density at radius 3 is 2.67 bits per heavy atom. The van der Waals surface area contributed by atoms with E-state index in [4.69, 9.17) is 0 Å². The van der Waals surface area contributed by atoms with Crippen LogP contribution in [-0.4, -0.2) is 9.91 Å². The summed E-state index contributed by atoms with van der Waals surface area (Å²) in [7, 11) is 1.85. The fourth-order valence-corrected chi connectivity index (χ4v) is 2.17. The van der Waals surface area contributed by atoms with Crippen molar-refractivity contribution in [3.63, 3.8) is 0 Å². The quantitative estimate of drug-likeness (QED) is 0.455. The minimum Gasteiger partial charge on any atom is -0.319 e. The van der Waals surface area contributed by atoms with Gasteiger partial charge in [0, 0.05) is 17.8 Å². The third kappa shape index (κ3) is 2.51. The Labute approximate surface area is 120 Å². The number of non-ortho nitro benzene ring substituents is 1. The van der Waals surface area contributed by atoms with Crippen LogP contribution < -0.4 is 9.88 Å². The Hall–Kier alpha value is -3.02. The van der Waals surface area contributed by atoms with Gasteiger partial charge in [-0.3, -0.25) is 10.1 Å². The van der Waals surface area contributed by atoms with Gasteiger partial charge < -0.3 is 5.32 Å². The zero-order valence-electron chi connectivity index (χ0n) is 11.4. The second kappa shape index (κ2) is 5.16. The molecule has 0 saturated heterocycles. The maximum absolute atomic E-state index is 11.0. The summed E-state index contributed by atoms with van der Waals surface area (Å²) in [6.07, 6.45) is 1.68. The Balaban J connectivity index is 2.15. The van der Waals surface area contributed by atoms with Crippen molar-refractivity contribution in [1.82, 2.24) is 4.98 Å². The number of fused-ring (bicyclic) bond motifs is 1. The maximum Gasteiger partial charge on any atom is 0.289 e. The monoisotopic (exact) mass is 281 g/mol. The lowest BCUT2D eigenvalue weighted by Crippen LogP contribution is -2.29. The molecule has 3 aromatic rings. The van der Waals surface area contributed by atoms with E-state index in [1.807, 2.05) is 41.9 Å². The highest BCUT2D eigenvalue weighted by Crippen LogP contribution is 2.25. The van der Waals surface area contributed by atoms with E-state index in [-0.39, 0.29) is 5.69 Å². The van der Waals surface area contributed by atoms with Crippen molar-refractivity contribution >= 4 is 28.1 Å². The van der Waals surface area contributed by atoms with Crippen LogP contribution >= 0.6 is 0 Å². The zero-order chi connectivity index (χ0) is 14.8. The van der Waals surface area contributed by atoms with E-state index in [0.717, 1.165) is 11.2 Å². The Bertz CT molecular complexity index is 819. The molecule has 21 heavy (non-hydrogen) atoms. The van der Waals surface area contributed by atoms with Crippen LogP contribution in [0.5, 0.6) is 0 Å². The summed E-state index contributed by atoms with van der Waals surface area (Å²) < 4.78 is 1.83. The van der Waals surface area contributed by atoms with Gasteiger partial charge in [0.25, 0.3) is 17.8 Å². The predicted octanol–water partition coefficient (Wildman–Crippen LogP) is 2.71. The molecule has 0 amide bonds. The van der Waals surface area contributed by atoms with Crippen LogP contribution in [0, 0.1) is 10.1 Å². The molecule has 1 N–H and O–H groups in total. The predicted molar refractivity (Wildman–Crippen MR) is 79.3 cm³/mol. The third-order valence-corrected chi connectivity index (χ3v) is 3.22. The van der Waals surface area contributed by atoms with E-state index in [0.29, 0.717) is 11.2 Å². The molecule has 0 aliphatic heterocycles. The SMILES string of the molecule is C[n+]1cnc(Nc2ccccc2)c2cc([N+](=O)[O-])ccc21. The molecule has 6 heteroatoms. The van der Waals surface area contributed by atoms with E-state index in [9.17, 15) is 10.1 Å². The number of aryl methyl sites for hydroxylation is 1. The number of nitro benzene ring substituents is 1. The van der Waals surface area contributed by atoms with Crippen molar-refractivity contribution in [1.29, 1.82) is 0 Å². The minimum absolute atomic E-state index is 0.0478. The lowest BCUT2D eigenvalue weighted by atomic mass is 10.2. The van der Waals surface area contributed by atoms with Gasteiger partial charge in [-0.1, -0.05) is 18.2 Å². The van der Waals surface area contributed by atoms with Crippen LogP contribution in [0.25, 0.3) is 10.9 Å². The molecule has 0 spiro atoms. The first-order valence-corrected chi connectivity index (χ1v) is 6.40. The van der Waals surface area contributed by atoms with Crippen LogP contribution in [-0.2, 0) is 7.05 Å². The van der Waals surface area contributed by atoms with E-state index in [1.54, 1.807) is 12.4 Å². The molecule has 6 nitrogen and oxygen atoms in total. The van der Waals surface area contributed by atoms with Crippen molar-refractivity contribution in [2.75, 3.05) is 5.32 Å². The first-order valence-electron chi connectivity index (χ1n) is 6.40. The molecule has 0 radical (unpaired) electrons. The first kappa shape index (κ1) is 13.0. The van der Waals surface area contributed by atoms with Gasteiger partial charge in [0.15, 0.2) is 0 Å². The average molecular weight is 281 g/mol. The second-order valence-corrected chi connectivity index (χ2v) is 4.65. The highest BCUT2D eigenvalue weighted by molar-refractivity contribution is 5.90. The molecule has 0 bridgehead atoms. The van der Waals surface area contributed by atoms with Gasteiger partial charge in [0.1, 0.15) is 5.52 Å². The zero-order valence-corrected chi connectivity index (χ0v) is 11.4. The molecule has 3 rings (SSSR count). The number of aromatic nitrogens is 2. The molecular formula is C15H13N4O2+. The topological polar surface area (TPSA) is 71.9 Å². The number of para-hydroxylation sites is 1. The molecule has 0 saturated carbocycles. The van der Waals surface area contributed by atoms with Gasteiger partial charge in [0.05, 0.1) is 17.4 Å². The van der Waals surface area contributed by atoms with Crippen molar-refractivity contribution in [3.05, 3.63) is 65.0 Å². The number of hydrogen-bond acceptors (Lipinski definition) is 4. The highest BCUT2D eigenvalue weighted by Gasteiger charge is 2.16. The van der Waals surface area contributed by atoms with E-state index >= 15 is 0 Å². The molecule has 2 aromatic carbocycles. The van der Waals surface area contributed by atoms with E-state index in [1.165, 1.54) is 12.1 Å². The molecule has 1 aromatic heterocycles. The van der Waals surface area contributed by atoms with E-state index < -0.39 is 4.92 Å². The van der Waals surface area contributed by atoms with Crippen molar-refractivity contribution in [2.45, 2.75) is 0 Å². The number of nitro groups is 1. The van der Waals surface area contributed by atoms with Crippen LogP contribution in [0.15, 0.2) is 54.9 Å². The molecule has 104 valence electrons. The molecule has 0 fully saturated rings. The summed E-state index contributed by atoms with van der Waals surface area (Å²) in [4.78, 5) is 14.9. The Morgan fingerprint density at radius 2 is 1.95 bits per heavy atom. The third-order valence-electron chi connectivity index (χ3n) is 3.22. The van der Waals surface area contributed by atoms with Crippen molar-refractivity contribution in [2.24, 2.45) is 7.05 Å². The summed E-state index contributed by atoms with van der Waals surface area (Å²) in [6, 6.07) is 14.3. The summed E-state index contributed by atoms with van der Waals surface area (Å²) in [6.45, 7) is 0. The normalized spacial score (nSPS) is 10.5. The minimum atomic E-state index is -0.404. The standard InChI is InChI=1S/C15H12N4O2/c1-18-10-16-15(17-11-5-3-2-4-6-11)13-9-12(19(20)21)7-8-14(13)18/h2-10H,1H3/p+1. The molecular weight excluding hydrogens is 268 g/mol. The van der Waals surface area contributed by atoms with E-state index in [2.05, 4.69) is 10.3 Å². The fraction of sp³-hybridized carbons (Fsp3) is 0.0667. The van der Waals surface area contributed by atoms with Crippen LogP contribution in [0.2, 0.25) is 0 Å². The second-order valence-electron chi connectivity index (χ2n) is 4.65. The molecule has 1 heterocycles. The number of benzene rings is 2. The number of nitrogens with one attached hydrogen (secondary N) is 1. The van der Waals surface area contributed by atoms with Crippen molar-refractivity contribution < 1.29 is 9.49 Å². The lowest BCUT2D eigenvalue weighted by Gasteiger charge is -2.05. The summed E-state index contributed by atoms with van der Waals surface area (Å²) in [5.74, 6) is 0.595. The van der Waals surface area contributed by atoms with Crippen LogP contribution in [0.4, 0.5) is 17.2 Å². The van der Waals surface area contributed by atoms with Gasteiger partial charge in [-0.05, 0) is 23.2 Å². The van der Waals surface area contributed by atoms with Crippen LogP contribution in [0.1, 0.15) is 0 Å². The Kier molecular flexibility index (Phi) is 3.19. The fourth-order valence-electron chi connectivity index (χ4n) is 2.17. The summed E-state index contributed by atoms with van der Waals surface area (Å²) in [5, 5.41) is 14.9. The maximum atomic E-state index is 11.0. The van der Waals surface area contributed by atoms with Gasteiger partial charge in [-0.2, -0.15) is 0 Å². The van der Waals surface area contributed by atoms with Gasteiger partial charge in [0.2, 0.25) is 0 Å². The van der Waals surface area contributed by atoms with Gasteiger partial charge >= 0.3 is 0 Å². The smallest absolute Gasteiger partial charge is 0.289 e. The molecule has 0 aliphatic rings. The lowest BCUT2D eigenvalue weighted by molar-refractivity contribution is -0.647. The highest BCUT2D eigenvalue weighted by atomic mass is 16.6. The number of hydrogen-bond donors (Lipinski definition) is 1. The largest absolute Gasteiger partial charge is 0.319 e. The van der Waals surface area contributed by atoms with Crippen molar-refractivity contribution in [3.8, 4) is 0 Å². The first-order chi connectivity index (χ1) is 10.1. The summed E-state index contributed by atoms with van der Waals surface area (Å²) >= 11 is 0. The number of nitrogens with zero attached hydrogens (tertiary/aromatic N) is 3.